The first-order valence-corrected chi connectivity index (χ1v) is 9.85. The Morgan fingerprint density at radius 1 is 1.13 bits per heavy atom. The van der Waals surface area contributed by atoms with Crippen molar-refractivity contribution < 1.29 is 14.3 Å². The number of aryl methyl sites for hydroxylation is 2. The number of amides is 1. The van der Waals surface area contributed by atoms with E-state index in [2.05, 4.69) is 10.3 Å². The highest BCUT2D eigenvalue weighted by atomic mass is 16.5. The third-order valence-electron chi connectivity index (χ3n) is 4.96. The Labute approximate surface area is 174 Å². The molecule has 1 amide bonds. The van der Waals surface area contributed by atoms with Crippen molar-refractivity contribution in [3.8, 4) is 0 Å². The van der Waals surface area contributed by atoms with Gasteiger partial charge in [-0.3, -0.25) is 14.2 Å². The van der Waals surface area contributed by atoms with Crippen molar-refractivity contribution in [2.24, 2.45) is 0 Å². The number of para-hydroxylation sites is 1. The molecule has 0 fully saturated rings. The monoisotopic (exact) mass is 407 g/mol. The van der Waals surface area contributed by atoms with Crippen molar-refractivity contribution in [1.82, 2.24) is 14.9 Å². The molecule has 0 aliphatic heterocycles. The Bertz CT molecular complexity index is 1090. The van der Waals surface area contributed by atoms with E-state index in [1.165, 1.54) is 18.0 Å². The van der Waals surface area contributed by atoms with E-state index in [9.17, 15) is 14.4 Å². The van der Waals surface area contributed by atoms with Crippen molar-refractivity contribution in [3.05, 3.63) is 76.3 Å². The van der Waals surface area contributed by atoms with Gasteiger partial charge < -0.3 is 10.1 Å². The summed E-state index contributed by atoms with van der Waals surface area (Å²) in [7, 11) is 1.30. The zero-order valence-electron chi connectivity index (χ0n) is 17.1. The van der Waals surface area contributed by atoms with Crippen molar-refractivity contribution in [1.29, 1.82) is 0 Å². The van der Waals surface area contributed by atoms with Crippen LogP contribution >= 0.6 is 0 Å². The smallest absolute Gasteiger partial charge is 0.328 e. The molecule has 7 nitrogen and oxygen atoms in total. The van der Waals surface area contributed by atoms with Crippen molar-refractivity contribution in [3.63, 3.8) is 0 Å². The number of hydrogen-bond acceptors (Lipinski definition) is 5. The van der Waals surface area contributed by atoms with E-state index in [0.717, 1.165) is 11.1 Å². The Kier molecular flexibility index (Phi) is 6.95. The number of esters is 1. The van der Waals surface area contributed by atoms with Gasteiger partial charge in [-0.1, -0.05) is 42.5 Å². The number of aromatic nitrogens is 2. The molecule has 0 bridgehead atoms. The minimum Gasteiger partial charge on any atom is -0.467 e. The van der Waals surface area contributed by atoms with Crippen LogP contribution in [0.15, 0.2) is 59.7 Å². The van der Waals surface area contributed by atoms with Crippen LogP contribution in [0.3, 0.4) is 0 Å². The van der Waals surface area contributed by atoms with E-state index < -0.39 is 12.0 Å². The lowest BCUT2D eigenvalue weighted by Crippen LogP contribution is -2.43. The number of rotatable bonds is 8. The number of nitrogens with zero attached hydrogens (tertiary/aromatic N) is 2. The zero-order valence-corrected chi connectivity index (χ0v) is 17.1. The van der Waals surface area contributed by atoms with E-state index in [1.807, 2.05) is 49.4 Å². The van der Waals surface area contributed by atoms with Gasteiger partial charge in [-0.2, -0.15) is 0 Å². The number of methoxy groups -OCH3 is 1. The fraction of sp³-hybridized carbons (Fsp3) is 0.304. The Morgan fingerprint density at radius 3 is 2.63 bits per heavy atom. The number of carbonyl (C=O) groups is 2. The van der Waals surface area contributed by atoms with Crippen LogP contribution in [0.5, 0.6) is 0 Å². The fourth-order valence-corrected chi connectivity index (χ4v) is 3.36. The molecule has 30 heavy (non-hydrogen) atoms. The largest absolute Gasteiger partial charge is 0.467 e. The second-order valence-electron chi connectivity index (χ2n) is 7.15. The topological polar surface area (TPSA) is 90.3 Å². The predicted molar refractivity (Wildman–Crippen MR) is 114 cm³/mol. The zero-order chi connectivity index (χ0) is 21.5. The lowest BCUT2D eigenvalue weighted by atomic mass is 10.1. The molecular weight excluding hydrogens is 382 g/mol. The number of hydrogen-bond donors (Lipinski definition) is 1. The van der Waals surface area contributed by atoms with Gasteiger partial charge in [-0.25, -0.2) is 9.78 Å². The first-order chi connectivity index (χ1) is 14.5. The second kappa shape index (κ2) is 9.82. The molecule has 1 atom stereocenters. The summed E-state index contributed by atoms with van der Waals surface area (Å²) in [5.74, 6) is -0.753. The first kappa shape index (κ1) is 21.2. The number of fused-ring (bicyclic) bond motifs is 1. The van der Waals surface area contributed by atoms with Gasteiger partial charge in [0, 0.05) is 19.4 Å². The van der Waals surface area contributed by atoms with E-state index in [1.54, 1.807) is 6.07 Å². The third-order valence-corrected chi connectivity index (χ3v) is 4.96. The molecule has 2 aromatic carbocycles. The molecule has 7 heteroatoms. The maximum Gasteiger partial charge on any atom is 0.328 e. The van der Waals surface area contributed by atoms with E-state index >= 15 is 0 Å². The number of benzene rings is 2. The average Bonchev–Trinajstić information content (AvgIpc) is 2.75. The molecule has 0 saturated heterocycles. The van der Waals surface area contributed by atoms with Gasteiger partial charge in [0.1, 0.15) is 6.04 Å². The maximum absolute atomic E-state index is 12.6. The van der Waals surface area contributed by atoms with Gasteiger partial charge in [0.25, 0.3) is 5.56 Å². The van der Waals surface area contributed by atoms with Crippen molar-refractivity contribution in [2.45, 2.75) is 38.8 Å². The molecule has 1 heterocycles. The molecule has 1 aromatic heterocycles. The second-order valence-corrected chi connectivity index (χ2v) is 7.15. The molecule has 0 radical (unpaired) electrons. The maximum atomic E-state index is 12.6. The van der Waals surface area contributed by atoms with Crippen LogP contribution in [-0.4, -0.2) is 34.6 Å². The minimum atomic E-state index is -0.752. The molecule has 0 aliphatic rings. The van der Waals surface area contributed by atoms with Crippen LogP contribution < -0.4 is 10.9 Å². The highest BCUT2D eigenvalue weighted by Gasteiger charge is 2.21. The van der Waals surface area contributed by atoms with Gasteiger partial charge in [0.2, 0.25) is 5.91 Å². The average molecular weight is 407 g/mol. The lowest BCUT2D eigenvalue weighted by molar-refractivity contribution is -0.145. The van der Waals surface area contributed by atoms with Gasteiger partial charge in [0.15, 0.2) is 0 Å². The van der Waals surface area contributed by atoms with Crippen LogP contribution in [-0.2, 0) is 27.3 Å². The Hall–Kier alpha value is -3.48. The SMILES string of the molecule is COC(=O)C(Cc1ccccc1)NC(=O)CCCn1cnc2c(C)cccc2c1=O. The van der Waals surface area contributed by atoms with Crippen LogP contribution in [0, 0.1) is 6.92 Å². The molecule has 1 N–H and O–H groups in total. The summed E-state index contributed by atoms with van der Waals surface area (Å²) in [6.07, 6.45) is 2.50. The van der Waals surface area contributed by atoms with Crippen LogP contribution in [0.4, 0.5) is 0 Å². The summed E-state index contributed by atoms with van der Waals surface area (Å²) in [4.78, 5) is 41.4. The number of ether oxygens (including phenoxy) is 1. The minimum absolute atomic E-state index is 0.124. The normalized spacial score (nSPS) is 11.8. The van der Waals surface area contributed by atoms with Gasteiger partial charge in [0.05, 0.1) is 24.3 Å². The number of carbonyl (C=O) groups excluding carboxylic acids is 2. The van der Waals surface area contributed by atoms with Crippen LogP contribution in [0.1, 0.15) is 24.0 Å². The predicted octanol–water partition coefficient (Wildman–Crippen LogP) is 2.39. The van der Waals surface area contributed by atoms with E-state index in [0.29, 0.717) is 30.3 Å². The molecule has 1 unspecified atom stereocenters. The highest BCUT2D eigenvalue weighted by molar-refractivity contribution is 5.84. The Morgan fingerprint density at radius 2 is 1.90 bits per heavy atom. The lowest BCUT2D eigenvalue weighted by Gasteiger charge is -2.16. The van der Waals surface area contributed by atoms with Gasteiger partial charge >= 0.3 is 5.97 Å². The summed E-state index contributed by atoms with van der Waals surface area (Å²) in [6, 6.07) is 14.2. The molecule has 3 aromatic rings. The van der Waals surface area contributed by atoms with Crippen LogP contribution in [0.2, 0.25) is 0 Å². The van der Waals surface area contributed by atoms with Crippen molar-refractivity contribution >= 4 is 22.8 Å². The standard InChI is InChI=1S/C23H25N3O4/c1-16-8-6-11-18-21(16)24-15-26(22(18)28)13-7-12-20(27)25-19(23(29)30-2)14-17-9-4-3-5-10-17/h3-6,8-11,15,19H,7,12-14H2,1-2H3,(H,25,27). The third kappa shape index (κ3) is 5.11. The highest BCUT2D eigenvalue weighted by Crippen LogP contribution is 2.11. The van der Waals surface area contributed by atoms with Crippen molar-refractivity contribution in [2.75, 3.05) is 7.11 Å². The van der Waals surface area contributed by atoms with E-state index in [-0.39, 0.29) is 17.9 Å². The van der Waals surface area contributed by atoms with Gasteiger partial charge in [-0.05, 0) is 30.5 Å². The Balaban J connectivity index is 1.59. The summed E-state index contributed by atoms with van der Waals surface area (Å²) < 4.78 is 6.33. The fourth-order valence-electron chi connectivity index (χ4n) is 3.36. The first-order valence-electron chi connectivity index (χ1n) is 9.85. The molecular formula is C23H25N3O4. The summed E-state index contributed by atoms with van der Waals surface area (Å²) in [5, 5.41) is 3.30. The van der Waals surface area contributed by atoms with E-state index in [4.69, 9.17) is 4.74 Å². The molecule has 0 aliphatic carbocycles. The molecule has 3 rings (SSSR count). The summed E-state index contributed by atoms with van der Waals surface area (Å²) in [6.45, 7) is 2.28. The molecule has 156 valence electrons. The number of nitrogens with one attached hydrogen (secondary N) is 1. The molecule has 0 spiro atoms. The van der Waals surface area contributed by atoms with Crippen LogP contribution in [0.25, 0.3) is 10.9 Å². The quantitative estimate of drug-likeness (QED) is 0.579. The summed E-state index contributed by atoms with van der Waals surface area (Å²) in [5.41, 5.74) is 2.44. The molecule has 0 saturated carbocycles. The summed E-state index contributed by atoms with van der Waals surface area (Å²) >= 11 is 0. The van der Waals surface area contributed by atoms with Gasteiger partial charge in [-0.15, -0.1) is 0 Å².